The minimum absolute atomic E-state index is 0.255. The fourth-order valence-electron chi connectivity index (χ4n) is 3.60. The lowest BCUT2D eigenvalue weighted by Crippen LogP contribution is -2.12. The van der Waals surface area contributed by atoms with Crippen LogP contribution in [0.4, 0.5) is 0 Å². The van der Waals surface area contributed by atoms with Crippen LogP contribution in [-0.2, 0) is 12.8 Å². The summed E-state index contributed by atoms with van der Waals surface area (Å²) >= 11 is 0. The van der Waals surface area contributed by atoms with Crippen molar-refractivity contribution in [1.29, 1.82) is 0 Å². The number of benzene rings is 2. The molecule has 2 unspecified atom stereocenters. The summed E-state index contributed by atoms with van der Waals surface area (Å²) in [6, 6.07) is 9.13. The average Bonchev–Trinajstić information content (AvgIpc) is 2.65. The van der Waals surface area contributed by atoms with Gasteiger partial charge in [0.05, 0.1) is 12.2 Å². The molecule has 0 aliphatic carbocycles. The second-order valence-electron chi connectivity index (χ2n) is 8.29. The van der Waals surface area contributed by atoms with Gasteiger partial charge in [-0.3, -0.25) is 0 Å². The van der Waals surface area contributed by atoms with Crippen molar-refractivity contribution < 1.29 is 9.47 Å². The first kappa shape index (κ1) is 22.3. The van der Waals surface area contributed by atoms with E-state index in [0.29, 0.717) is 0 Å². The Morgan fingerprint density at radius 1 is 0.607 bits per heavy atom. The normalized spacial score (nSPS) is 13.3. The molecule has 2 heteroatoms. The molecule has 0 heterocycles. The fourth-order valence-corrected chi connectivity index (χ4v) is 3.60. The molecule has 0 spiro atoms. The topological polar surface area (TPSA) is 18.5 Å². The number of hydrogen-bond donors (Lipinski definition) is 0. The Labute approximate surface area is 172 Å². The molecule has 2 nitrogen and oxygen atoms in total. The van der Waals surface area contributed by atoms with Gasteiger partial charge in [-0.1, -0.05) is 38.1 Å². The Morgan fingerprint density at radius 2 is 0.893 bits per heavy atom. The lowest BCUT2D eigenvalue weighted by Gasteiger charge is -2.19. The molecule has 2 aromatic rings. The minimum atomic E-state index is 0.255. The van der Waals surface area contributed by atoms with Gasteiger partial charge in [0.1, 0.15) is 11.5 Å². The van der Waals surface area contributed by atoms with Crippen molar-refractivity contribution in [2.75, 3.05) is 0 Å². The molecule has 0 aliphatic rings. The smallest absolute Gasteiger partial charge is 0.125 e. The van der Waals surface area contributed by atoms with Crippen molar-refractivity contribution in [1.82, 2.24) is 0 Å². The van der Waals surface area contributed by atoms with Gasteiger partial charge in [-0.25, -0.2) is 0 Å². The Kier molecular flexibility index (Phi) is 7.98. The van der Waals surface area contributed by atoms with Gasteiger partial charge >= 0.3 is 0 Å². The van der Waals surface area contributed by atoms with Gasteiger partial charge in [-0.05, 0) is 101 Å². The standard InChI is InChI=1S/C26H38O2/c1-9-21(7)27-25-17(3)13-23(14-18(25)4)11-12-24-15-19(5)26(20(6)16-24)28-22(8)10-2/h13-16,21-22H,9-12H2,1-8H3. The Bertz CT molecular complexity index is 678. The molecule has 0 N–H and O–H groups in total. The highest BCUT2D eigenvalue weighted by atomic mass is 16.5. The zero-order valence-electron chi connectivity index (χ0n) is 19.1. The quantitative estimate of drug-likeness (QED) is 0.462. The van der Waals surface area contributed by atoms with E-state index in [9.17, 15) is 0 Å². The lowest BCUT2D eigenvalue weighted by atomic mass is 9.97. The van der Waals surface area contributed by atoms with Crippen molar-refractivity contribution in [3.8, 4) is 11.5 Å². The number of hydrogen-bond acceptors (Lipinski definition) is 2. The third-order valence-corrected chi connectivity index (χ3v) is 5.53. The maximum Gasteiger partial charge on any atom is 0.125 e. The predicted molar refractivity (Wildman–Crippen MR) is 120 cm³/mol. The van der Waals surface area contributed by atoms with E-state index in [4.69, 9.17) is 9.47 Å². The van der Waals surface area contributed by atoms with Crippen LogP contribution in [0.25, 0.3) is 0 Å². The van der Waals surface area contributed by atoms with E-state index in [0.717, 1.165) is 37.2 Å². The van der Waals surface area contributed by atoms with Crippen LogP contribution in [0.15, 0.2) is 24.3 Å². The molecule has 0 saturated carbocycles. The summed E-state index contributed by atoms with van der Waals surface area (Å²) in [6.45, 7) is 17.2. The monoisotopic (exact) mass is 382 g/mol. The van der Waals surface area contributed by atoms with Crippen molar-refractivity contribution in [2.45, 2.75) is 93.3 Å². The summed E-state index contributed by atoms with van der Waals surface area (Å²) in [5, 5.41) is 0. The molecule has 0 fully saturated rings. The zero-order valence-corrected chi connectivity index (χ0v) is 19.1. The van der Waals surface area contributed by atoms with Crippen LogP contribution in [0.1, 0.15) is 73.9 Å². The van der Waals surface area contributed by atoms with Crippen molar-refractivity contribution in [3.05, 3.63) is 57.6 Å². The molecule has 2 aromatic carbocycles. The second kappa shape index (κ2) is 10.0. The number of aryl methyl sites for hydroxylation is 6. The van der Waals surface area contributed by atoms with E-state index < -0.39 is 0 Å². The van der Waals surface area contributed by atoms with E-state index in [1.807, 2.05) is 0 Å². The van der Waals surface area contributed by atoms with Gasteiger partial charge in [0, 0.05) is 0 Å². The molecular formula is C26H38O2. The van der Waals surface area contributed by atoms with Crippen molar-refractivity contribution in [3.63, 3.8) is 0 Å². The largest absolute Gasteiger partial charge is 0.490 e. The second-order valence-corrected chi connectivity index (χ2v) is 8.29. The maximum atomic E-state index is 6.11. The van der Waals surface area contributed by atoms with Crippen LogP contribution in [0, 0.1) is 27.7 Å². The summed E-state index contributed by atoms with van der Waals surface area (Å²) in [5.41, 5.74) is 7.70. The van der Waals surface area contributed by atoms with Gasteiger partial charge in [0.2, 0.25) is 0 Å². The molecule has 2 atom stereocenters. The Morgan fingerprint density at radius 3 is 1.14 bits per heavy atom. The summed E-state index contributed by atoms with van der Waals surface area (Å²) < 4.78 is 12.2. The highest BCUT2D eigenvalue weighted by Crippen LogP contribution is 2.29. The molecule has 154 valence electrons. The number of rotatable bonds is 9. The summed E-state index contributed by atoms with van der Waals surface area (Å²) in [7, 11) is 0. The summed E-state index contributed by atoms with van der Waals surface area (Å²) in [4.78, 5) is 0. The van der Waals surface area contributed by atoms with Crippen LogP contribution in [0.2, 0.25) is 0 Å². The van der Waals surface area contributed by atoms with Gasteiger partial charge < -0.3 is 9.47 Å². The Balaban J connectivity index is 2.12. The van der Waals surface area contributed by atoms with E-state index in [-0.39, 0.29) is 12.2 Å². The SMILES string of the molecule is CCC(C)Oc1c(C)cc(CCc2cc(C)c(OC(C)CC)c(C)c2)cc1C. The molecule has 0 saturated heterocycles. The van der Waals surface area contributed by atoms with Crippen LogP contribution in [-0.4, -0.2) is 12.2 Å². The van der Waals surface area contributed by atoms with E-state index in [2.05, 4.69) is 79.7 Å². The van der Waals surface area contributed by atoms with Gasteiger partial charge in [0.25, 0.3) is 0 Å². The first-order chi connectivity index (χ1) is 13.2. The summed E-state index contributed by atoms with van der Waals surface area (Å²) in [6.07, 6.45) is 4.63. The lowest BCUT2D eigenvalue weighted by molar-refractivity contribution is 0.214. The number of ether oxygens (including phenoxy) is 2. The fraction of sp³-hybridized carbons (Fsp3) is 0.538. The molecule has 0 bridgehead atoms. The molecule has 0 aliphatic heterocycles. The average molecular weight is 383 g/mol. The molecule has 0 amide bonds. The molecule has 28 heavy (non-hydrogen) atoms. The zero-order chi connectivity index (χ0) is 20.8. The Hall–Kier alpha value is -1.96. The molecule has 0 radical (unpaired) electrons. The van der Waals surface area contributed by atoms with E-state index >= 15 is 0 Å². The highest BCUT2D eigenvalue weighted by molar-refractivity contribution is 5.45. The van der Waals surface area contributed by atoms with Gasteiger partial charge in [-0.2, -0.15) is 0 Å². The third kappa shape index (κ3) is 5.77. The maximum absolute atomic E-state index is 6.11. The van der Waals surface area contributed by atoms with E-state index in [1.54, 1.807) is 0 Å². The van der Waals surface area contributed by atoms with Gasteiger partial charge in [-0.15, -0.1) is 0 Å². The van der Waals surface area contributed by atoms with Crippen LogP contribution in [0.5, 0.6) is 11.5 Å². The first-order valence-electron chi connectivity index (χ1n) is 10.8. The van der Waals surface area contributed by atoms with Crippen LogP contribution in [0.3, 0.4) is 0 Å². The third-order valence-electron chi connectivity index (χ3n) is 5.53. The van der Waals surface area contributed by atoms with Crippen LogP contribution >= 0.6 is 0 Å². The van der Waals surface area contributed by atoms with Crippen LogP contribution < -0.4 is 9.47 Å². The van der Waals surface area contributed by atoms with Crippen molar-refractivity contribution >= 4 is 0 Å². The summed E-state index contributed by atoms with van der Waals surface area (Å²) in [5.74, 6) is 2.10. The first-order valence-corrected chi connectivity index (χ1v) is 10.8. The minimum Gasteiger partial charge on any atom is -0.490 e. The predicted octanol–water partition coefficient (Wildman–Crippen LogP) is 7.06. The van der Waals surface area contributed by atoms with E-state index in [1.165, 1.54) is 33.4 Å². The highest BCUT2D eigenvalue weighted by Gasteiger charge is 2.12. The molecular weight excluding hydrogens is 344 g/mol. The van der Waals surface area contributed by atoms with Crippen molar-refractivity contribution in [2.24, 2.45) is 0 Å². The molecule has 0 aromatic heterocycles. The molecule has 2 rings (SSSR count). The van der Waals surface area contributed by atoms with Gasteiger partial charge in [0.15, 0.2) is 0 Å².